The zero-order valence-corrected chi connectivity index (χ0v) is 9.48. The normalized spacial score (nSPS) is 13.4. The van der Waals surface area contributed by atoms with E-state index in [1.165, 1.54) is 12.1 Å². The van der Waals surface area contributed by atoms with Gasteiger partial charge in [-0.25, -0.2) is 9.37 Å². The van der Waals surface area contributed by atoms with Crippen LogP contribution in [-0.2, 0) is 0 Å². The first-order valence-corrected chi connectivity index (χ1v) is 5.59. The third-order valence-corrected chi connectivity index (χ3v) is 2.79. The minimum atomic E-state index is -0.649. The van der Waals surface area contributed by atoms with Crippen LogP contribution in [0, 0.1) is 5.82 Å². The Morgan fingerprint density at radius 3 is 3.00 bits per heavy atom. The number of hydrogen-bond donors (Lipinski definition) is 2. The highest BCUT2D eigenvalue weighted by molar-refractivity contribution is 5.68. The molecule has 0 bridgehead atoms. The second-order valence-electron chi connectivity index (χ2n) is 4.01. The molecule has 0 atom stereocenters. The van der Waals surface area contributed by atoms with Crippen molar-refractivity contribution in [2.45, 2.75) is 0 Å². The van der Waals surface area contributed by atoms with Crippen molar-refractivity contribution >= 4 is 5.82 Å². The SMILES string of the molecule is Oc1ccc(-c2cnc3c(c2)OCCN3)cc1F. The topological polar surface area (TPSA) is 54.4 Å². The van der Waals surface area contributed by atoms with Crippen molar-refractivity contribution in [2.75, 3.05) is 18.5 Å². The molecule has 0 fully saturated rings. The first-order valence-electron chi connectivity index (χ1n) is 5.59. The lowest BCUT2D eigenvalue weighted by molar-refractivity contribution is 0.321. The van der Waals surface area contributed by atoms with E-state index in [0.29, 0.717) is 23.7 Å². The molecular formula is C13H11FN2O2. The first kappa shape index (κ1) is 10.8. The monoisotopic (exact) mass is 246 g/mol. The van der Waals surface area contributed by atoms with Crippen LogP contribution in [0.2, 0.25) is 0 Å². The van der Waals surface area contributed by atoms with E-state index in [-0.39, 0.29) is 5.75 Å². The summed E-state index contributed by atoms with van der Waals surface area (Å²) in [6, 6.07) is 6.04. The summed E-state index contributed by atoms with van der Waals surface area (Å²) in [5.74, 6) is 0.350. The van der Waals surface area contributed by atoms with Crippen molar-refractivity contribution in [1.82, 2.24) is 4.98 Å². The average molecular weight is 246 g/mol. The molecule has 0 amide bonds. The number of phenolic OH excluding ortho intramolecular Hbond substituents is 1. The molecule has 5 heteroatoms. The van der Waals surface area contributed by atoms with E-state index in [0.717, 1.165) is 12.1 Å². The van der Waals surface area contributed by atoms with E-state index < -0.39 is 5.82 Å². The van der Waals surface area contributed by atoms with Crippen LogP contribution < -0.4 is 10.1 Å². The molecule has 0 radical (unpaired) electrons. The van der Waals surface area contributed by atoms with E-state index in [1.807, 2.05) is 0 Å². The molecule has 1 aromatic carbocycles. The second-order valence-corrected chi connectivity index (χ2v) is 4.01. The highest BCUT2D eigenvalue weighted by Gasteiger charge is 2.12. The van der Waals surface area contributed by atoms with Crippen molar-refractivity contribution in [3.8, 4) is 22.6 Å². The van der Waals surface area contributed by atoms with Gasteiger partial charge >= 0.3 is 0 Å². The van der Waals surface area contributed by atoms with Gasteiger partial charge < -0.3 is 15.2 Å². The number of hydrogen-bond acceptors (Lipinski definition) is 4. The predicted molar refractivity (Wildman–Crippen MR) is 65.3 cm³/mol. The van der Waals surface area contributed by atoms with Gasteiger partial charge in [0.2, 0.25) is 0 Å². The zero-order valence-electron chi connectivity index (χ0n) is 9.48. The average Bonchev–Trinajstić information content (AvgIpc) is 2.41. The number of aromatic nitrogens is 1. The van der Waals surface area contributed by atoms with E-state index in [1.54, 1.807) is 18.3 Å². The van der Waals surface area contributed by atoms with Crippen LogP contribution in [0.4, 0.5) is 10.2 Å². The second kappa shape index (κ2) is 4.18. The number of nitrogens with zero attached hydrogens (tertiary/aromatic N) is 1. The number of pyridine rings is 1. The number of phenols is 1. The lowest BCUT2D eigenvalue weighted by Gasteiger charge is -2.18. The number of benzene rings is 1. The molecule has 0 unspecified atom stereocenters. The molecule has 0 aliphatic carbocycles. The summed E-state index contributed by atoms with van der Waals surface area (Å²) in [6.45, 7) is 1.31. The van der Waals surface area contributed by atoms with Crippen LogP contribution in [0.1, 0.15) is 0 Å². The van der Waals surface area contributed by atoms with Gasteiger partial charge in [-0.15, -0.1) is 0 Å². The van der Waals surface area contributed by atoms with Crippen molar-refractivity contribution in [1.29, 1.82) is 0 Å². The van der Waals surface area contributed by atoms with Gasteiger partial charge in [0.05, 0.1) is 6.54 Å². The molecule has 1 aromatic heterocycles. The van der Waals surface area contributed by atoms with Crippen LogP contribution in [0.3, 0.4) is 0 Å². The smallest absolute Gasteiger partial charge is 0.168 e. The Bertz CT molecular complexity index is 602. The summed E-state index contributed by atoms with van der Waals surface area (Å²) in [5, 5.41) is 12.3. The number of anilines is 1. The minimum Gasteiger partial charge on any atom is -0.505 e. The van der Waals surface area contributed by atoms with E-state index >= 15 is 0 Å². The fourth-order valence-corrected chi connectivity index (χ4v) is 1.86. The molecule has 4 nitrogen and oxygen atoms in total. The van der Waals surface area contributed by atoms with Gasteiger partial charge in [0, 0.05) is 11.8 Å². The van der Waals surface area contributed by atoms with Gasteiger partial charge in [0.25, 0.3) is 0 Å². The number of fused-ring (bicyclic) bond motifs is 1. The zero-order chi connectivity index (χ0) is 12.5. The number of ether oxygens (including phenoxy) is 1. The molecule has 1 aliphatic heterocycles. The Morgan fingerprint density at radius 1 is 1.28 bits per heavy atom. The summed E-state index contributed by atoms with van der Waals surface area (Å²) in [6.07, 6.45) is 1.65. The highest BCUT2D eigenvalue weighted by atomic mass is 19.1. The maximum atomic E-state index is 13.3. The Balaban J connectivity index is 2.03. The quantitative estimate of drug-likeness (QED) is 0.811. The predicted octanol–water partition coefficient (Wildman–Crippen LogP) is 2.40. The summed E-state index contributed by atoms with van der Waals surface area (Å²) in [5.41, 5.74) is 1.39. The summed E-state index contributed by atoms with van der Waals surface area (Å²) in [7, 11) is 0. The third-order valence-electron chi connectivity index (χ3n) is 2.79. The highest BCUT2D eigenvalue weighted by Crippen LogP contribution is 2.31. The number of halogens is 1. The molecule has 1 aliphatic rings. The van der Waals surface area contributed by atoms with E-state index in [2.05, 4.69) is 10.3 Å². The lowest BCUT2D eigenvalue weighted by atomic mass is 10.1. The van der Waals surface area contributed by atoms with E-state index in [4.69, 9.17) is 9.84 Å². The third kappa shape index (κ3) is 1.84. The number of nitrogens with one attached hydrogen (secondary N) is 1. The maximum Gasteiger partial charge on any atom is 0.168 e. The molecule has 0 saturated heterocycles. The van der Waals surface area contributed by atoms with Crippen molar-refractivity contribution in [3.05, 3.63) is 36.3 Å². The van der Waals surface area contributed by atoms with Crippen molar-refractivity contribution in [3.63, 3.8) is 0 Å². The van der Waals surface area contributed by atoms with Crippen LogP contribution in [0.15, 0.2) is 30.5 Å². The molecule has 92 valence electrons. The van der Waals surface area contributed by atoms with Gasteiger partial charge in [-0.3, -0.25) is 0 Å². The van der Waals surface area contributed by atoms with Gasteiger partial charge in [0.15, 0.2) is 23.1 Å². The fourth-order valence-electron chi connectivity index (χ4n) is 1.86. The summed E-state index contributed by atoms with van der Waals surface area (Å²) in [4.78, 5) is 4.23. The Labute approximate surface area is 103 Å². The maximum absolute atomic E-state index is 13.3. The van der Waals surface area contributed by atoms with Crippen LogP contribution in [0.5, 0.6) is 11.5 Å². The molecule has 2 N–H and O–H groups in total. The molecule has 0 saturated carbocycles. The van der Waals surface area contributed by atoms with Crippen LogP contribution in [0.25, 0.3) is 11.1 Å². The van der Waals surface area contributed by atoms with E-state index in [9.17, 15) is 4.39 Å². The van der Waals surface area contributed by atoms with Crippen molar-refractivity contribution in [2.24, 2.45) is 0 Å². The van der Waals surface area contributed by atoms with Crippen LogP contribution >= 0.6 is 0 Å². The Kier molecular flexibility index (Phi) is 2.51. The molecule has 2 heterocycles. The van der Waals surface area contributed by atoms with Crippen LogP contribution in [-0.4, -0.2) is 23.2 Å². The fraction of sp³-hybridized carbons (Fsp3) is 0.154. The molecule has 18 heavy (non-hydrogen) atoms. The lowest BCUT2D eigenvalue weighted by Crippen LogP contribution is -2.18. The Hall–Kier alpha value is -2.30. The largest absolute Gasteiger partial charge is 0.505 e. The van der Waals surface area contributed by atoms with Crippen molar-refractivity contribution < 1.29 is 14.2 Å². The van der Waals surface area contributed by atoms with Gasteiger partial charge in [-0.1, -0.05) is 6.07 Å². The Morgan fingerprint density at radius 2 is 2.17 bits per heavy atom. The number of rotatable bonds is 1. The van der Waals surface area contributed by atoms with Gasteiger partial charge in [-0.2, -0.15) is 0 Å². The minimum absolute atomic E-state index is 0.359. The molecule has 3 rings (SSSR count). The molecule has 0 spiro atoms. The first-order chi connectivity index (χ1) is 8.74. The summed E-state index contributed by atoms with van der Waals surface area (Å²) < 4.78 is 18.8. The molecular weight excluding hydrogens is 235 g/mol. The standard InChI is InChI=1S/C13H11FN2O2/c14-10-5-8(1-2-11(10)17)9-6-12-13(16-7-9)15-3-4-18-12/h1-2,5-7,17H,3-4H2,(H,15,16). The van der Waals surface area contributed by atoms with Gasteiger partial charge in [0.1, 0.15) is 6.61 Å². The number of aromatic hydroxyl groups is 1. The van der Waals surface area contributed by atoms with Gasteiger partial charge in [-0.05, 0) is 23.8 Å². The summed E-state index contributed by atoms with van der Waals surface area (Å²) >= 11 is 0. The molecule has 2 aromatic rings.